The van der Waals surface area contributed by atoms with E-state index < -0.39 is 30.3 Å². The van der Waals surface area contributed by atoms with Gasteiger partial charge in [-0.25, -0.2) is 18.7 Å². The summed E-state index contributed by atoms with van der Waals surface area (Å²) in [5.41, 5.74) is 1.26. The second kappa shape index (κ2) is 9.82. The van der Waals surface area contributed by atoms with E-state index in [1.807, 2.05) is 0 Å². The first-order valence-corrected chi connectivity index (χ1v) is 10.1. The summed E-state index contributed by atoms with van der Waals surface area (Å²) in [4.78, 5) is 36.8. The third-order valence-corrected chi connectivity index (χ3v) is 4.79. The van der Waals surface area contributed by atoms with E-state index in [1.165, 1.54) is 48.3 Å². The van der Waals surface area contributed by atoms with Gasteiger partial charge >= 0.3 is 11.9 Å². The summed E-state index contributed by atoms with van der Waals surface area (Å²) < 4.78 is 26.3. The number of rotatable bonds is 7. The number of methoxy groups -OCH3 is 1. The van der Waals surface area contributed by atoms with Crippen LogP contribution in [-0.4, -0.2) is 45.9 Å². The van der Waals surface area contributed by atoms with Gasteiger partial charge in [-0.1, -0.05) is 6.07 Å². The van der Waals surface area contributed by atoms with Crippen molar-refractivity contribution in [1.82, 2.24) is 14.3 Å². The first-order valence-electron chi connectivity index (χ1n) is 10.1. The molecule has 0 aliphatic rings. The van der Waals surface area contributed by atoms with Gasteiger partial charge < -0.3 is 19.4 Å². The van der Waals surface area contributed by atoms with Crippen molar-refractivity contribution in [3.8, 4) is 11.5 Å². The molecule has 34 heavy (non-hydrogen) atoms. The molecule has 0 spiro atoms. The van der Waals surface area contributed by atoms with Crippen molar-refractivity contribution in [2.75, 3.05) is 19.0 Å². The Kier molecular flexibility index (Phi) is 6.49. The van der Waals surface area contributed by atoms with Gasteiger partial charge in [-0.15, -0.1) is 0 Å². The smallest absolute Gasteiger partial charge is 0.344 e. The lowest BCUT2D eigenvalue weighted by Gasteiger charge is -2.11. The molecule has 0 aliphatic heterocycles. The summed E-state index contributed by atoms with van der Waals surface area (Å²) in [6.07, 6.45) is 4.75. The molecule has 0 bridgehead atoms. The molecule has 4 aromatic rings. The monoisotopic (exact) mass is 462 g/mol. The average molecular weight is 462 g/mol. The van der Waals surface area contributed by atoms with Crippen molar-refractivity contribution >= 4 is 23.5 Å². The number of benzene rings is 2. The molecule has 0 aliphatic carbocycles. The lowest BCUT2D eigenvalue weighted by atomic mass is 10.2. The molecule has 0 atom stereocenters. The van der Waals surface area contributed by atoms with E-state index >= 15 is 0 Å². The van der Waals surface area contributed by atoms with E-state index in [4.69, 9.17) is 4.74 Å². The summed E-state index contributed by atoms with van der Waals surface area (Å²) >= 11 is 0. The molecule has 2 aromatic heterocycles. The van der Waals surface area contributed by atoms with Gasteiger partial charge in [0, 0.05) is 18.1 Å². The number of aromatic nitrogens is 3. The summed E-state index contributed by atoms with van der Waals surface area (Å²) in [7, 11) is 1.26. The Morgan fingerprint density at radius 3 is 2.44 bits per heavy atom. The van der Waals surface area contributed by atoms with Crippen LogP contribution in [0.3, 0.4) is 0 Å². The van der Waals surface area contributed by atoms with Crippen molar-refractivity contribution in [3.05, 3.63) is 96.2 Å². The van der Waals surface area contributed by atoms with E-state index in [-0.39, 0.29) is 11.1 Å². The molecule has 9 nitrogen and oxygen atoms in total. The summed E-state index contributed by atoms with van der Waals surface area (Å²) in [5, 5.41) is 6.81. The van der Waals surface area contributed by atoms with E-state index in [9.17, 15) is 18.8 Å². The molecule has 1 N–H and O–H groups in total. The highest BCUT2D eigenvalue weighted by atomic mass is 19.1. The van der Waals surface area contributed by atoms with Gasteiger partial charge in [0.2, 0.25) is 0 Å². The van der Waals surface area contributed by atoms with E-state index in [2.05, 4.69) is 15.2 Å². The van der Waals surface area contributed by atoms with Crippen LogP contribution in [0.5, 0.6) is 0 Å². The second-order valence-corrected chi connectivity index (χ2v) is 7.06. The van der Waals surface area contributed by atoms with Crippen LogP contribution in [0.4, 0.5) is 10.1 Å². The number of nitrogens with zero attached hydrogens (tertiary/aromatic N) is 3. The topological polar surface area (TPSA) is 104 Å². The fourth-order valence-electron chi connectivity index (χ4n) is 3.23. The molecular formula is C24H19FN4O5. The molecule has 0 unspecified atom stereocenters. The Morgan fingerprint density at radius 2 is 1.74 bits per heavy atom. The molecule has 0 radical (unpaired) electrons. The minimum Gasteiger partial charge on any atom is -0.465 e. The number of amides is 1. The maximum absolute atomic E-state index is 13.4. The molecule has 2 aromatic carbocycles. The van der Waals surface area contributed by atoms with Crippen LogP contribution in [0.2, 0.25) is 0 Å². The van der Waals surface area contributed by atoms with Gasteiger partial charge in [0.25, 0.3) is 5.91 Å². The van der Waals surface area contributed by atoms with Crippen molar-refractivity contribution in [2.24, 2.45) is 0 Å². The number of carbonyl (C=O) groups excluding carboxylic acids is 3. The Morgan fingerprint density at radius 1 is 1.00 bits per heavy atom. The van der Waals surface area contributed by atoms with Gasteiger partial charge in [0.05, 0.1) is 24.6 Å². The highest BCUT2D eigenvalue weighted by molar-refractivity contribution is 5.98. The third-order valence-electron chi connectivity index (χ3n) is 4.79. The van der Waals surface area contributed by atoms with Crippen molar-refractivity contribution < 1.29 is 28.2 Å². The van der Waals surface area contributed by atoms with Crippen molar-refractivity contribution in [3.63, 3.8) is 0 Å². The number of ether oxygens (including phenoxy) is 2. The van der Waals surface area contributed by atoms with Crippen molar-refractivity contribution in [1.29, 1.82) is 0 Å². The molecule has 4 rings (SSSR count). The number of nitrogens with one attached hydrogen (secondary N) is 1. The fraction of sp³-hybridized carbons (Fsp3) is 0.0833. The van der Waals surface area contributed by atoms with Gasteiger partial charge in [-0.3, -0.25) is 4.79 Å². The zero-order valence-corrected chi connectivity index (χ0v) is 18.0. The number of anilines is 1. The zero-order chi connectivity index (χ0) is 24.1. The highest BCUT2D eigenvalue weighted by Gasteiger charge is 2.22. The molecule has 0 fully saturated rings. The van der Waals surface area contributed by atoms with Crippen molar-refractivity contribution in [2.45, 2.75) is 0 Å². The first kappa shape index (κ1) is 22.5. The molecule has 1 amide bonds. The Bertz CT molecular complexity index is 1330. The van der Waals surface area contributed by atoms with Crippen LogP contribution in [-0.2, 0) is 14.3 Å². The fourth-order valence-corrected chi connectivity index (χ4v) is 3.23. The predicted octanol–water partition coefficient (Wildman–Crippen LogP) is 3.38. The Balaban J connectivity index is 1.50. The van der Waals surface area contributed by atoms with E-state index in [1.54, 1.807) is 47.3 Å². The Labute approximate surface area is 193 Å². The first-order chi connectivity index (χ1) is 16.5. The molecule has 2 heterocycles. The number of hydrogen-bond donors (Lipinski definition) is 1. The number of esters is 2. The van der Waals surface area contributed by atoms with E-state index in [0.29, 0.717) is 17.2 Å². The largest absolute Gasteiger partial charge is 0.465 e. The molecule has 0 saturated heterocycles. The van der Waals surface area contributed by atoms with Gasteiger partial charge in [-0.05, 0) is 54.6 Å². The maximum atomic E-state index is 13.4. The summed E-state index contributed by atoms with van der Waals surface area (Å²) in [6.45, 7) is -0.561. The number of halogens is 1. The third kappa shape index (κ3) is 4.85. The zero-order valence-electron chi connectivity index (χ0n) is 18.0. The normalized spacial score (nSPS) is 10.5. The lowest BCUT2D eigenvalue weighted by Crippen LogP contribution is -2.21. The summed E-state index contributed by atoms with van der Waals surface area (Å²) in [6, 6.07) is 15.3. The molecule has 0 saturated carbocycles. The minimum absolute atomic E-state index is 0.112. The van der Waals surface area contributed by atoms with Gasteiger partial charge in [0.15, 0.2) is 12.4 Å². The standard InChI is InChI=1S/C24H19FN4O5/c1-33-23(31)16-5-4-6-18(13-16)27-21(30)15-34-24(32)20-14-26-29(19-9-7-17(25)8-10-19)22(20)28-11-2-3-12-28/h2-14H,15H2,1H3,(H,27,30). The van der Waals surface area contributed by atoms with Crippen LogP contribution in [0.1, 0.15) is 20.7 Å². The van der Waals surface area contributed by atoms with Crippen LogP contribution in [0.25, 0.3) is 11.5 Å². The highest BCUT2D eigenvalue weighted by Crippen LogP contribution is 2.21. The van der Waals surface area contributed by atoms with Gasteiger partial charge in [-0.2, -0.15) is 5.10 Å². The quantitative estimate of drug-likeness (QED) is 0.422. The van der Waals surface area contributed by atoms with Crippen LogP contribution in [0.15, 0.2) is 79.3 Å². The lowest BCUT2D eigenvalue weighted by molar-refractivity contribution is -0.119. The molecular weight excluding hydrogens is 443 g/mol. The summed E-state index contributed by atoms with van der Waals surface area (Å²) in [5.74, 6) is -1.94. The number of carbonyl (C=O) groups is 3. The molecule has 172 valence electrons. The van der Waals surface area contributed by atoms with Crippen LogP contribution in [0, 0.1) is 5.82 Å². The predicted molar refractivity (Wildman–Crippen MR) is 120 cm³/mol. The SMILES string of the molecule is COC(=O)c1cccc(NC(=O)COC(=O)c2cnn(-c3ccc(F)cc3)c2-n2cccc2)c1. The van der Waals surface area contributed by atoms with Crippen LogP contribution >= 0.6 is 0 Å². The second-order valence-electron chi connectivity index (χ2n) is 7.06. The van der Waals surface area contributed by atoms with Gasteiger partial charge in [0.1, 0.15) is 11.4 Å². The minimum atomic E-state index is -0.768. The Hall–Kier alpha value is -4.73. The average Bonchev–Trinajstić information content (AvgIpc) is 3.52. The van der Waals surface area contributed by atoms with E-state index in [0.717, 1.165) is 0 Å². The molecule has 10 heteroatoms. The van der Waals surface area contributed by atoms with Crippen LogP contribution < -0.4 is 5.32 Å². The number of hydrogen-bond acceptors (Lipinski definition) is 6. The maximum Gasteiger partial charge on any atom is 0.344 e.